The van der Waals surface area contributed by atoms with E-state index in [9.17, 15) is 28.8 Å². The highest BCUT2D eigenvalue weighted by molar-refractivity contribution is 7.21. The van der Waals surface area contributed by atoms with Crippen LogP contribution in [0.25, 0.3) is 20.4 Å². The van der Waals surface area contributed by atoms with E-state index in [4.69, 9.17) is 30.8 Å². The lowest BCUT2D eigenvalue weighted by molar-refractivity contribution is -0.147. The number of ether oxygens (including phenoxy) is 4. The maximum Gasteiger partial charge on any atom is 0.408 e. The third-order valence-electron chi connectivity index (χ3n) is 10.6. The standard InChI is InChI=1S/C28H27N3O5S.C10H14N2O2.C10H9NO2S.C8H8O2.CH4.ClH/c1-2-21-13-14-29-22-15-24(37-25(21)22)26(32)30-16-23(27(33)35-17-19-9-5-3-6-10-19)31-28(34)36-18-20-11-7-4-8-12-20;11-6-9(12)10(13)14-7-8-4-2-1-3-5-8;1-2-6-3-4-11-7-5-8(10(12)13)14-9(6)7;9-7-10-6-8-4-2-1-3-5-8;;/h3-15,23H,2,16-18H2,1H3,(H,30,32)(H,31,34);1-5,9H,6-7,11-12H2;3-5H,2H2,1H3,(H,12,13);1-5,7H,6H2;1H4;1H/t23-;9-;;;;/m11..../s1. The van der Waals surface area contributed by atoms with Crippen LogP contribution in [0.2, 0.25) is 0 Å². The van der Waals surface area contributed by atoms with Crippen molar-refractivity contribution in [2.45, 2.75) is 72.6 Å². The Labute approximate surface area is 461 Å². The Bertz CT molecular complexity index is 3060. The lowest BCUT2D eigenvalue weighted by Crippen LogP contribution is -2.49. The van der Waals surface area contributed by atoms with Gasteiger partial charge < -0.3 is 46.2 Å². The molecule has 77 heavy (non-hydrogen) atoms. The summed E-state index contributed by atoms with van der Waals surface area (Å²) in [5.74, 6) is -2.40. The van der Waals surface area contributed by atoms with E-state index < -0.39 is 36.1 Å². The number of nitrogens with one attached hydrogen (secondary N) is 2. The molecule has 8 rings (SSSR count). The van der Waals surface area contributed by atoms with Crippen LogP contribution >= 0.6 is 35.1 Å². The molecule has 0 saturated carbocycles. The summed E-state index contributed by atoms with van der Waals surface area (Å²) < 4.78 is 22.1. The first kappa shape index (κ1) is 63.2. The molecule has 4 aromatic heterocycles. The molecule has 0 radical (unpaired) electrons. The fourth-order valence-electron chi connectivity index (χ4n) is 6.60. The summed E-state index contributed by atoms with van der Waals surface area (Å²) in [7, 11) is 0. The van der Waals surface area contributed by atoms with Gasteiger partial charge in [-0.25, -0.2) is 14.4 Å². The Morgan fingerprint density at radius 3 is 1.47 bits per heavy atom. The molecular weight excluding hydrogens is 1040 g/mol. The van der Waals surface area contributed by atoms with Crippen LogP contribution in [0.5, 0.6) is 0 Å². The van der Waals surface area contributed by atoms with Crippen LogP contribution < -0.4 is 22.1 Å². The van der Waals surface area contributed by atoms with Crippen molar-refractivity contribution in [2.24, 2.45) is 11.5 Å². The second-order valence-corrected chi connectivity index (χ2v) is 18.1. The SMILES string of the molecule is C.CCc1ccnc2cc(C(=O)NC[C@@H](NC(=O)OCc3ccccc3)C(=O)OCc3ccccc3)sc12.CCc1ccnc2cc(C(=O)O)sc12.Cl.NC[C@@H](N)C(=O)OCc1ccccc1.O=COCc1ccccc1. The van der Waals surface area contributed by atoms with Gasteiger partial charge in [-0.2, -0.15) is 0 Å². The first-order valence-corrected chi connectivity index (χ1v) is 25.3. The molecule has 0 fully saturated rings. The number of amides is 2. The number of carboxylic acids is 1. The molecule has 2 amide bonds. The fraction of sp³-hybridized carbons (Fsp3) is 0.228. The average Bonchev–Trinajstić information content (AvgIpc) is 4.12. The second kappa shape index (κ2) is 34.5. The molecule has 4 aromatic carbocycles. The highest BCUT2D eigenvalue weighted by Gasteiger charge is 2.25. The maximum atomic E-state index is 12.9. The molecule has 0 aliphatic rings. The summed E-state index contributed by atoms with van der Waals surface area (Å²) in [4.78, 5) is 79.1. The normalized spacial score (nSPS) is 10.8. The fourth-order valence-corrected chi connectivity index (χ4v) is 8.76. The van der Waals surface area contributed by atoms with Crippen LogP contribution in [0.1, 0.15) is 74.0 Å². The number of carbonyl (C=O) groups is 6. The van der Waals surface area contributed by atoms with Crippen LogP contribution in [0.4, 0.5) is 4.79 Å². The molecule has 4 heterocycles. The number of alkyl carbamates (subject to hydrolysis) is 1. The van der Waals surface area contributed by atoms with Gasteiger partial charge in [0.2, 0.25) is 0 Å². The zero-order valence-corrected chi connectivity index (χ0v) is 44.2. The van der Waals surface area contributed by atoms with E-state index in [1.165, 1.54) is 22.7 Å². The van der Waals surface area contributed by atoms with Crippen LogP contribution in [-0.2, 0) is 72.6 Å². The molecule has 0 saturated heterocycles. The second-order valence-electron chi connectivity index (χ2n) is 16.0. The van der Waals surface area contributed by atoms with Gasteiger partial charge in [0, 0.05) is 25.5 Å². The minimum Gasteiger partial charge on any atom is -0.477 e. The third kappa shape index (κ3) is 21.2. The number of aromatic nitrogens is 2. The minimum atomic E-state index is -1.14. The van der Waals surface area contributed by atoms with Crippen molar-refractivity contribution in [1.29, 1.82) is 0 Å². The van der Waals surface area contributed by atoms with Crippen molar-refractivity contribution in [3.05, 3.63) is 201 Å². The molecule has 0 aliphatic carbocycles. The molecule has 0 aliphatic heterocycles. The van der Waals surface area contributed by atoms with Crippen LogP contribution in [0.3, 0.4) is 0 Å². The third-order valence-corrected chi connectivity index (χ3v) is 13.0. The number of esters is 2. The van der Waals surface area contributed by atoms with E-state index in [1.807, 2.05) is 140 Å². The first-order valence-electron chi connectivity index (χ1n) is 23.6. The Kier molecular flexibility index (Phi) is 28.3. The van der Waals surface area contributed by atoms with Crippen LogP contribution in [0.15, 0.2) is 158 Å². The molecule has 0 unspecified atom stereocenters. The van der Waals surface area contributed by atoms with Crippen molar-refractivity contribution < 1.29 is 52.8 Å². The largest absolute Gasteiger partial charge is 0.477 e. The van der Waals surface area contributed by atoms with E-state index >= 15 is 0 Å². The number of aryl methyl sites for hydroxylation is 2. The molecule has 8 aromatic rings. The molecule has 17 nitrogen and oxygen atoms in total. The van der Waals surface area contributed by atoms with Gasteiger partial charge in [-0.3, -0.25) is 24.4 Å². The van der Waals surface area contributed by atoms with Gasteiger partial charge in [0.1, 0.15) is 43.4 Å². The number of nitrogens with zero attached hydrogens (tertiary/aromatic N) is 2. The van der Waals surface area contributed by atoms with Gasteiger partial charge in [-0.15, -0.1) is 35.1 Å². The number of carboxylic acid groups (broad SMARTS) is 1. The number of fused-ring (bicyclic) bond motifs is 2. The Balaban J connectivity index is 0.000000318. The molecule has 20 heteroatoms. The number of hydrogen-bond donors (Lipinski definition) is 5. The topological polar surface area (TPSA) is 261 Å². The van der Waals surface area contributed by atoms with E-state index in [0.717, 1.165) is 66.7 Å². The number of rotatable bonds is 19. The van der Waals surface area contributed by atoms with E-state index in [0.29, 0.717) is 22.8 Å². The molecule has 406 valence electrons. The van der Waals surface area contributed by atoms with E-state index in [2.05, 4.69) is 32.3 Å². The Morgan fingerprint density at radius 2 is 1.04 bits per heavy atom. The summed E-state index contributed by atoms with van der Waals surface area (Å²) in [5.41, 5.74) is 17.9. The lowest BCUT2D eigenvalue weighted by atomic mass is 10.2. The summed E-state index contributed by atoms with van der Waals surface area (Å²) in [6, 6.07) is 42.7. The highest BCUT2D eigenvalue weighted by Crippen LogP contribution is 2.28. The molecule has 0 bridgehead atoms. The van der Waals surface area contributed by atoms with Gasteiger partial charge in [-0.1, -0.05) is 143 Å². The van der Waals surface area contributed by atoms with Gasteiger partial charge in [0.25, 0.3) is 12.4 Å². The van der Waals surface area contributed by atoms with Crippen molar-refractivity contribution >= 4 is 91.9 Å². The predicted octanol–water partition coefficient (Wildman–Crippen LogP) is 9.62. The van der Waals surface area contributed by atoms with E-state index in [1.54, 1.807) is 24.5 Å². The highest BCUT2D eigenvalue weighted by atomic mass is 35.5. The van der Waals surface area contributed by atoms with Gasteiger partial charge >= 0.3 is 24.0 Å². The van der Waals surface area contributed by atoms with Crippen molar-refractivity contribution in [3.8, 4) is 0 Å². The van der Waals surface area contributed by atoms with Crippen molar-refractivity contribution in [2.75, 3.05) is 13.1 Å². The summed E-state index contributed by atoms with van der Waals surface area (Å²) >= 11 is 2.64. The maximum absolute atomic E-state index is 12.9. The number of benzene rings is 4. The number of carbonyl (C=O) groups excluding carboxylic acids is 5. The van der Waals surface area contributed by atoms with Crippen LogP contribution in [-0.4, -0.2) is 76.6 Å². The number of nitrogens with two attached hydrogens (primary N) is 2. The van der Waals surface area contributed by atoms with Crippen molar-refractivity contribution in [3.63, 3.8) is 0 Å². The van der Waals surface area contributed by atoms with Gasteiger partial charge in [0.15, 0.2) is 0 Å². The number of halogens is 1. The first-order chi connectivity index (χ1) is 36.4. The Hall–Kier alpha value is -8.07. The zero-order valence-electron chi connectivity index (χ0n) is 41.7. The number of aromatic carboxylic acids is 1. The number of pyridine rings is 2. The average molecular weight is 1110 g/mol. The number of thiophene rings is 2. The monoisotopic (exact) mass is 1110 g/mol. The van der Waals surface area contributed by atoms with Gasteiger partial charge in [-0.05, 0) is 70.5 Å². The zero-order chi connectivity index (χ0) is 53.8. The summed E-state index contributed by atoms with van der Waals surface area (Å²) in [6.45, 7) is 5.16. The molecule has 2 atom stereocenters. The predicted molar refractivity (Wildman–Crippen MR) is 302 cm³/mol. The van der Waals surface area contributed by atoms with Gasteiger partial charge in [0.05, 0.1) is 25.3 Å². The minimum absolute atomic E-state index is 0. The summed E-state index contributed by atoms with van der Waals surface area (Å²) in [5, 5.41) is 14.1. The van der Waals surface area contributed by atoms with Crippen molar-refractivity contribution in [1.82, 2.24) is 20.6 Å². The molecule has 0 spiro atoms. The Morgan fingerprint density at radius 1 is 0.623 bits per heavy atom. The smallest absolute Gasteiger partial charge is 0.408 e. The quantitative estimate of drug-likeness (QED) is 0.0287. The van der Waals surface area contributed by atoms with Crippen LogP contribution in [0, 0.1) is 0 Å². The summed E-state index contributed by atoms with van der Waals surface area (Å²) in [6.07, 6.45) is 4.38. The molecular formula is C57H63ClN6O11S2. The lowest BCUT2D eigenvalue weighted by Gasteiger charge is -2.18. The number of hydrogen-bond acceptors (Lipinski definition) is 16. The van der Waals surface area contributed by atoms with E-state index in [-0.39, 0.29) is 58.7 Å². The molecule has 7 N–H and O–H groups in total.